The molecule has 0 saturated carbocycles. The molecule has 1 fully saturated rings. The van der Waals surface area contributed by atoms with Gasteiger partial charge in [-0.1, -0.05) is 0 Å². The summed E-state index contributed by atoms with van der Waals surface area (Å²) in [7, 11) is 0. The number of aromatic nitrogens is 1. The van der Waals surface area contributed by atoms with E-state index in [-0.39, 0.29) is 18.1 Å². The summed E-state index contributed by atoms with van der Waals surface area (Å²) in [5.74, 6) is 1.28. The summed E-state index contributed by atoms with van der Waals surface area (Å²) >= 11 is 0. The van der Waals surface area contributed by atoms with Gasteiger partial charge in [0, 0.05) is 18.8 Å². The predicted octanol–water partition coefficient (Wildman–Crippen LogP) is 3.03. The van der Waals surface area contributed by atoms with Crippen molar-refractivity contribution in [3.63, 3.8) is 0 Å². The average molecular weight is 343 g/mol. The summed E-state index contributed by atoms with van der Waals surface area (Å²) in [5, 5.41) is 3.00. The number of carbonyl (C=O) groups excluding carboxylic acids is 1. The van der Waals surface area contributed by atoms with Gasteiger partial charge in [0.05, 0.1) is 24.0 Å². The highest BCUT2D eigenvalue weighted by molar-refractivity contribution is 5.93. The van der Waals surface area contributed by atoms with Gasteiger partial charge in [-0.3, -0.25) is 9.69 Å². The van der Waals surface area contributed by atoms with Crippen molar-refractivity contribution in [2.75, 3.05) is 19.6 Å². The molecule has 6 nitrogen and oxygen atoms in total. The van der Waals surface area contributed by atoms with Crippen molar-refractivity contribution >= 4 is 5.91 Å². The molecule has 3 rings (SSSR count). The van der Waals surface area contributed by atoms with Gasteiger partial charge in [-0.15, -0.1) is 0 Å². The normalized spacial score (nSPS) is 16.1. The highest BCUT2D eigenvalue weighted by Gasteiger charge is 2.26. The van der Waals surface area contributed by atoms with Crippen LogP contribution in [0.1, 0.15) is 48.8 Å². The molecule has 1 saturated heterocycles. The monoisotopic (exact) mass is 343 g/mol. The van der Waals surface area contributed by atoms with Gasteiger partial charge in [0.25, 0.3) is 5.91 Å². The summed E-state index contributed by atoms with van der Waals surface area (Å²) in [5.41, 5.74) is 0.524. The third-order valence-corrected chi connectivity index (χ3v) is 4.26. The standard InChI is InChI=1S/C19H25N3O3/c1-14(2)25-18-8-7-15(12-20-18)19(23)21-13-16(17-6-5-11-24-17)22-9-3-4-10-22/h5-8,11-12,14,16H,3-4,9-10,13H2,1-2H3,(H,21,23)/t16-/m1/s1. The van der Waals surface area contributed by atoms with Crippen LogP contribution in [-0.2, 0) is 0 Å². The van der Waals surface area contributed by atoms with Gasteiger partial charge >= 0.3 is 0 Å². The van der Waals surface area contributed by atoms with Crippen LogP contribution in [0, 0.1) is 0 Å². The van der Waals surface area contributed by atoms with E-state index in [0.29, 0.717) is 18.0 Å². The first-order valence-electron chi connectivity index (χ1n) is 8.82. The minimum absolute atomic E-state index is 0.0571. The zero-order valence-corrected chi connectivity index (χ0v) is 14.8. The lowest BCUT2D eigenvalue weighted by Gasteiger charge is -2.26. The van der Waals surface area contributed by atoms with E-state index in [1.165, 1.54) is 12.8 Å². The van der Waals surface area contributed by atoms with E-state index in [4.69, 9.17) is 9.15 Å². The topological polar surface area (TPSA) is 67.6 Å². The Balaban J connectivity index is 1.61. The molecule has 0 aliphatic carbocycles. The van der Waals surface area contributed by atoms with E-state index in [1.54, 1.807) is 24.6 Å². The number of nitrogens with zero attached hydrogens (tertiary/aromatic N) is 2. The third-order valence-electron chi connectivity index (χ3n) is 4.26. The molecule has 0 unspecified atom stereocenters. The highest BCUT2D eigenvalue weighted by atomic mass is 16.5. The number of nitrogens with one attached hydrogen (secondary N) is 1. The van der Waals surface area contributed by atoms with Crippen LogP contribution in [0.4, 0.5) is 0 Å². The summed E-state index contributed by atoms with van der Waals surface area (Å²) in [6.45, 7) is 6.45. The molecule has 2 aromatic heterocycles. The number of hydrogen-bond acceptors (Lipinski definition) is 5. The van der Waals surface area contributed by atoms with Crippen molar-refractivity contribution in [3.8, 4) is 5.88 Å². The van der Waals surface area contributed by atoms with E-state index in [1.807, 2.05) is 26.0 Å². The Bertz CT molecular complexity index is 662. The van der Waals surface area contributed by atoms with E-state index in [2.05, 4.69) is 15.2 Å². The molecular weight excluding hydrogens is 318 g/mol. The fraction of sp³-hybridized carbons (Fsp3) is 0.474. The number of rotatable bonds is 7. The lowest BCUT2D eigenvalue weighted by molar-refractivity contribution is 0.0933. The van der Waals surface area contributed by atoms with Crippen LogP contribution < -0.4 is 10.1 Å². The van der Waals surface area contributed by atoms with Crippen molar-refractivity contribution in [3.05, 3.63) is 48.0 Å². The maximum atomic E-state index is 12.4. The number of likely N-dealkylation sites (tertiary alicyclic amines) is 1. The Hall–Kier alpha value is -2.34. The van der Waals surface area contributed by atoms with Crippen LogP contribution in [-0.4, -0.2) is 41.5 Å². The molecule has 3 heterocycles. The number of amides is 1. The quantitative estimate of drug-likeness (QED) is 0.837. The van der Waals surface area contributed by atoms with Crippen LogP contribution in [0.25, 0.3) is 0 Å². The minimum Gasteiger partial charge on any atom is -0.475 e. The smallest absolute Gasteiger partial charge is 0.252 e. The van der Waals surface area contributed by atoms with Crippen molar-refractivity contribution < 1.29 is 13.9 Å². The largest absolute Gasteiger partial charge is 0.475 e. The number of carbonyl (C=O) groups is 1. The first kappa shape index (κ1) is 17.5. The summed E-state index contributed by atoms with van der Waals surface area (Å²) in [6.07, 6.45) is 5.66. The molecule has 0 aromatic carbocycles. The van der Waals surface area contributed by atoms with Gasteiger partial charge in [-0.05, 0) is 58.0 Å². The Morgan fingerprint density at radius 1 is 1.32 bits per heavy atom. The van der Waals surface area contributed by atoms with E-state index in [0.717, 1.165) is 18.8 Å². The van der Waals surface area contributed by atoms with Crippen LogP contribution in [0.15, 0.2) is 41.1 Å². The number of pyridine rings is 1. The molecule has 1 N–H and O–H groups in total. The lowest BCUT2D eigenvalue weighted by atomic mass is 10.2. The summed E-state index contributed by atoms with van der Waals surface area (Å²) in [4.78, 5) is 19.0. The Kier molecular flexibility index (Phi) is 5.71. The molecule has 6 heteroatoms. The van der Waals surface area contributed by atoms with Gasteiger partial charge < -0.3 is 14.5 Å². The number of furan rings is 1. The third kappa shape index (κ3) is 4.60. The molecule has 134 valence electrons. The minimum atomic E-state index is -0.139. The molecule has 1 amide bonds. The van der Waals surface area contributed by atoms with Gasteiger partial charge in [0.2, 0.25) is 5.88 Å². The second-order valence-electron chi connectivity index (χ2n) is 6.54. The van der Waals surface area contributed by atoms with E-state index in [9.17, 15) is 4.79 Å². The number of hydrogen-bond donors (Lipinski definition) is 1. The second-order valence-corrected chi connectivity index (χ2v) is 6.54. The first-order valence-corrected chi connectivity index (χ1v) is 8.82. The molecule has 0 bridgehead atoms. The molecular formula is C19H25N3O3. The van der Waals surface area contributed by atoms with Crippen molar-refractivity contribution in [2.45, 2.75) is 38.8 Å². The van der Waals surface area contributed by atoms with Gasteiger partial charge in [-0.2, -0.15) is 0 Å². The molecule has 0 spiro atoms. The maximum absolute atomic E-state index is 12.4. The number of ether oxygens (including phenoxy) is 1. The summed E-state index contributed by atoms with van der Waals surface area (Å²) < 4.78 is 11.1. The highest BCUT2D eigenvalue weighted by Crippen LogP contribution is 2.25. The van der Waals surface area contributed by atoms with Crippen molar-refractivity contribution in [1.82, 2.24) is 15.2 Å². The van der Waals surface area contributed by atoms with Crippen LogP contribution in [0.2, 0.25) is 0 Å². The van der Waals surface area contributed by atoms with Crippen molar-refractivity contribution in [1.29, 1.82) is 0 Å². The zero-order chi connectivity index (χ0) is 17.6. The van der Waals surface area contributed by atoms with E-state index >= 15 is 0 Å². The van der Waals surface area contributed by atoms with Gasteiger partial charge in [-0.25, -0.2) is 4.98 Å². The molecule has 1 aliphatic heterocycles. The molecule has 2 aromatic rings. The Morgan fingerprint density at radius 2 is 2.12 bits per heavy atom. The summed E-state index contributed by atoms with van der Waals surface area (Å²) in [6, 6.07) is 7.38. The van der Waals surface area contributed by atoms with Crippen LogP contribution in [0.3, 0.4) is 0 Å². The average Bonchev–Trinajstić information content (AvgIpc) is 3.29. The van der Waals surface area contributed by atoms with Crippen molar-refractivity contribution in [2.24, 2.45) is 0 Å². The Labute approximate surface area is 148 Å². The fourth-order valence-corrected chi connectivity index (χ4v) is 3.06. The SMILES string of the molecule is CC(C)Oc1ccc(C(=O)NC[C@H](c2ccco2)N2CCCC2)cn1. The van der Waals surface area contributed by atoms with E-state index < -0.39 is 0 Å². The molecule has 1 aliphatic rings. The first-order chi connectivity index (χ1) is 12.1. The fourth-order valence-electron chi connectivity index (χ4n) is 3.06. The molecule has 1 atom stereocenters. The second kappa shape index (κ2) is 8.16. The van der Waals surface area contributed by atoms with Crippen LogP contribution in [0.5, 0.6) is 5.88 Å². The molecule has 0 radical (unpaired) electrons. The zero-order valence-electron chi connectivity index (χ0n) is 14.8. The molecule has 25 heavy (non-hydrogen) atoms. The predicted molar refractivity (Wildman–Crippen MR) is 94.6 cm³/mol. The van der Waals surface area contributed by atoms with Crippen LogP contribution >= 0.6 is 0 Å². The Morgan fingerprint density at radius 3 is 2.72 bits per heavy atom. The maximum Gasteiger partial charge on any atom is 0.252 e. The lowest BCUT2D eigenvalue weighted by Crippen LogP contribution is -2.36. The van der Waals surface area contributed by atoms with Gasteiger partial charge in [0.15, 0.2) is 0 Å². The van der Waals surface area contributed by atoms with Gasteiger partial charge in [0.1, 0.15) is 5.76 Å².